The van der Waals surface area contributed by atoms with Crippen molar-refractivity contribution < 1.29 is 17.9 Å². The maximum absolute atomic E-state index is 13.3. The SMILES string of the molecule is N#CC(C#N)=C(C#N)Nc1ccc(F)c(Br)c1OC(F)F. The van der Waals surface area contributed by atoms with Gasteiger partial charge in [-0.2, -0.15) is 24.6 Å². The molecule has 106 valence electrons. The minimum Gasteiger partial charge on any atom is -0.431 e. The molecule has 0 fully saturated rings. The molecular formula is C12H4BrF3N4O. The Balaban J connectivity index is 3.36. The number of halogens is 4. The second-order valence-corrected chi connectivity index (χ2v) is 4.12. The lowest BCUT2D eigenvalue weighted by Crippen LogP contribution is -2.08. The van der Waals surface area contributed by atoms with Gasteiger partial charge in [0.1, 0.15) is 29.7 Å². The van der Waals surface area contributed by atoms with E-state index >= 15 is 0 Å². The average molecular weight is 357 g/mol. The van der Waals surface area contributed by atoms with Gasteiger partial charge >= 0.3 is 6.61 Å². The number of benzene rings is 1. The number of allylic oxidation sites excluding steroid dienone is 2. The zero-order valence-electron chi connectivity index (χ0n) is 9.99. The molecule has 0 heterocycles. The second kappa shape index (κ2) is 7.18. The van der Waals surface area contributed by atoms with E-state index in [9.17, 15) is 13.2 Å². The summed E-state index contributed by atoms with van der Waals surface area (Å²) < 4.78 is 41.8. The smallest absolute Gasteiger partial charge is 0.387 e. The van der Waals surface area contributed by atoms with E-state index < -0.39 is 29.4 Å². The van der Waals surface area contributed by atoms with Crippen LogP contribution in [0.3, 0.4) is 0 Å². The Kier molecular flexibility index (Phi) is 5.59. The molecule has 9 heteroatoms. The van der Waals surface area contributed by atoms with Crippen molar-refractivity contribution in [2.75, 3.05) is 5.32 Å². The van der Waals surface area contributed by atoms with Crippen LogP contribution in [-0.2, 0) is 0 Å². The van der Waals surface area contributed by atoms with E-state index in [2.05, 4.69) is 26.0 Å². The lowest BCUT2D eigenvalue weighted by molar-refractivity contribution is -0.0500. The lowest BCUT2D eigenvalue weighted by atomic mass is 10.2. The minimum atomic E-state index is -3.23. The summed E-state index contributed by atoms with van der Waals surface area (Å²) >= 11 is 2.74. The Labute approximate surface area is 125 Å². The molecule has 0 spiro atoms. The highest BCUT2D eigenvalue weighted by Crippen LogP contribution is 2.37. The van der Waals surface area contributed by atoms with Crippen molar-refractivity contribution in [3.63, 3.8) is 0 Å². The van der Waals surface area contributed by atoms with Crippen molar-refractivity contribution in [3.05, 3.63) is 33.7 Å². The van der Waals surface area contributed by atoms with E-state index in [0.29, 0.717) is 0 Å². The summed E-state index contributed by atoms with van der Waals surface area (Å²) in [5.74, 6) is -1.45. The van der Waals surface area contributed by atoms with Gasteiger partial charge in [-0.3, -0.25) is 0 Å². The number of hydrogen-bond acceptors (Lipinski definition) is 5. The van der Waals surface area contributed by atoms with Crippen molar-refractivity contribution in [3.8, 4) is 24.0 Å². The van der Waals surface area contributed by atoms with E-state index in [1.807, 2.05) is 0 Å². The summed E-state index contributed by atoms with van der Waals surface area (Å²) in [4.78, 5) is 0. The highest BCUT2D eigenvalue weighted by atomic mass is 79.9. The average Bonchev–Trinajstić information content (AvgIpc) is 2.45. The lowest BCUT2D eigenvalue weighted by Gasteiger charge is -2.14. The normalized spacial score (nSPS) is 9.24. The van der Waals surface area contributed by atoms with Gasteiger partial charge in [-0.15, -0.1) is 0 Å². The molecule has 1 aromatic rings. The van der Waals surface area contributed by atoms with Crippen LogP contribution in [0.25, 0.3) is 0 Å². The fourth-order valence-electron chi connectivity index (χ4n) is 1.25. The van der Waals surface area contributed by atoms with Crippen LogP contribution in [0.1, 0.15) is 0 Å². The zero-order valence-corrected chi connectivity index (χ0v) is 11.6. The molecule has 1 N–H and O–H groups in total. The van der Waals surface area contributed by atoms with Gasteiger partial charge in [0.2, 0.25) is 0 Å². The Hall–Kier alpha value is -2.70. The van der Waals surface area contributed by atoms with Gasteiger partial charge in [-0.25, -0.2) is 4.39 Å². The zero-order chi connectivity index (χ0) is 16.0. The van der Waals surface area contributed by atoms with Crippen LogP contribution in [0.5, 0.6) is 5.75 Å². The Morgan fingerprint density at radius 2 is 1.81 bits per heavy atom. The van der Waals surface area contributed by atoms with Crippen molar-refractivity contribution >= 4 is 21.6 Å². The summed E-state index contributed by atoms with van der Waals surface area (Å²) in [7, 11) is 0. The molecule has 0 saturated carbocycles. The fourth-order valence-corrected chi connectivity index (χ4v) is 1.69. The third-order valence-electron chi connectivity index (χ3n) is 2.10. The van der Waals surface area contributed by atoms with Gasteiger partial charge in [0.15, 0.2) is 11.3 Å². The molecule has 0 aromatic heterocycles. The third-order valence-corrected chi connectivity index (χ3v) is 2.84. The third kappa shape index (κ3) is 3.88. The van der Waals surface area contributed by atoms with Gasteiger partial charge in [0, 0.05) is 0 Å². The van der Waals surface area contributed by atoms with Crippen molar-refractivity contribution in [1.29, 1.82) is 15.8 Å². The number of nitrogens with one attached hydrogen (secondary N) is 1. The van der Waals surface area contributed by atoms with Crippen LogP contribution in [-0.4, -0.2) is 6.61 Å². The largest absolute Gasteiger partial charge is 0.431 e. The first kappa shape index (κ1) is 16.4. The van der Waals surface area contributed by atoms with Crippen molar-refractivity contribution in [1.82, 2.24) is 0 Å². The number of nitriles is 3. The molecular weight excluding hydrogens is 353 g/mol. The van der Waals surface area contributed by atoms with E-state index in [-0.39, 0.29) is 10.2 Å². The van der Waals surface area contributed by atoms with Gasteiger partial charge < -0.3 is 10.1 Å². The van der Waals surface area contributed by atoms with Gasteiger partial charge in [0.25, 0.3) is 0 Å². The molecule has 0 radical (unpaired) electrons. The highest BCUT2D eigenvalue weighted by Gasteiger charge is 2.18. The summed E-state index contributed by atoms with van der Waals surface area (Å²) in [5, 5.41) is 28.5. The van der Waals surface area contributed by atoms with Crippen LogP contribution < -0.4 is 10.1 Å². The van der Waals surface area contributed by atoms with E-state index in [1.54, 1.807) is 0 Å². The molecule has 0 amide bonds. The van der Waals surface area contributed by atoms with Crippen molar-refractivity contribution in [2.45, 2.75) is 6.61 Å². The van der Waals surface area contributed by atoms with E-state index in [0.717, 1.165) is 12.1 Å². The topological polar surface area (TPSA) is 92.6 Å². The fraction of sp³-hybridized carbons (Fsp3) is 0.0833. The Bertz CT molecular complexity index is 697. The van der Waals surface area contributed by atoms with Gasteiger partial charge in [-0.1, -0.05) is 0 Å². The summed E-state index contributed by atoms with van der Waals surface area (Å²) in [6.07, 6.45) is 0. The summed E-state index contributed by atoms with van der Waals surface area (Å²) in [5.41, 5.74) is -1.23. The van der Waals surface area contributed by atoms with E-state index in [1.165, 1.54) is 18.2 Å². The number of hydrogen-bond donors (Lipinski definition) is 1. The number of nitrogens with zero attached hydrogens (tertiary/aromatic N) is 3. The number of ether oxygens (including phenoxy) is 1. The van der Waals surface area contributed by atoms with E-state index in [4.69, 9.17) is 15.8 Å². The van der Waals surface area contributed by atoms with Crippen molar-refractivity contribution in [2.24, 2.45) is 0 Å². The van der Waals surface area contributed by atoms with Gasteiger partial charge in [0.05, 0.1) is 10.2 Å². The predicted molar refractivity (Wildman–Crippen MR) is 68.2 cm³/mol. The quantitative estimate of drug-likeness (QED) is 0.834. The molecule has 0 unspecified atom stereocenters. The van der Waals surface area contributed by atoms with Crippen LogP contribution in [0.4, 0.5) is 18.9 Å². The maximum atomic E-state index is 13.3. The molecule has 5 nitrogen and oxygen atoms in total. The Morgan fingerprint density at radius 1 is 1.19 bits per heavy atom. The van der Waals surface area contributed by atoms with Gasteiger partial charge in [-0.05, 0) is 28.1 Å². The molecule has 0 aliphatic heterocycles. The summed E-state index contributed by atoms with van der Waals surface area (Å²) in [6, 6.07) is 6.43. The Morgan fingerprint density at radius 3 is 2.29 bits per heavy atom. The molecule has 21 heavy (non-hydrogen) atoms. The summed E-state index contributed by atoms with van der Waals surface area (Å²) in [6.45, 7) is -3.23. The first-order chi connectivity index (χ1) is 9.94. The van der Waals surface area contributed by atoms with Crippen LogP contribution in [0, 0.1) is 39.8 Å². The number of alkyl halides is 2. The molecule has 1 rings (SSSR count). The molecule has 0 aliphatic carbocycles. The minimum absolute atomic E-state index is 0.205. The highest BCUT2D eigenvalue weighted by molar-refractivity contribution is 9.10. The molecule has 0 bridgehead atoms. The molecule has 0 saturated heterocycles. The first-order valence-electron chi connectivity index (χ1n) is 5.09. The number of anilines is 1. The monoisotopic (exact) mass is 356 g/mol. The second-order valence-electron chi connectivity index (χ2n) is 3.33. The molecule has 0 atom stereocenters. The first-order valence-corrected chi connectivity index (χ1v) is 5.88. The molecule has 1 aromatic carbocycles. The maximum Gasteiger partial charge on any atom is 0.387 e. The predicted octanol–water partition coefficient (Wildman–Crippen LogP) is 3.43. The van der Waals surface area contributed by atoms with Crippen LogP contribution >= 0.6 is 15.9 Å². The standard InChI is InChI=1S/C12H4BrF3N4O/c13-10-7(14)1-2-8(11(10)21-12(15)16)20-9(5-19)6(3-17)4-18/h1-2,12,20H. The number of rotatable bonds is 4. The van der Waals surface area contributed by atoms with Crippen LogP contribution in [0.15, 0.2) is 27.9 Å². The van der Waals surface area contributed by atoms with Crippen LogP contribution in [0.2, 0.25) is 0 Å². The molecule has 0 aliphatic rings.